The second-order valence-electron chi connectivity index (χ2n) is 6.27. The highest BCUT2D eigenvalue weighted by Crippen LogP contribution is 2.31. The molecular weight excluding hydrogens is 302 g/mol. The standard InChI is InChI=1S/C19H25N3O2/c1-12(2)22(13(3)4)19(23)18-15(8-7-9-17(18)24-6)16-10-11-20-14(5)21-16/h7-13H,1-6H3. The van der Waals surface area contributed by atoms with Gasteiger partial charge in [-0.1, -0.05) is 12.1 Å². The van der Waals surface area contributed by atoms with Gasteiger partial charge in [-0.3, -0.25) is 4.79 Å². The van der Waals surface area contributed by atoms with Gasteiger partial charge in [0.05, 0.1) is 18.4 Å². The molecule has 1 aromatic heterocycles. The Hall–Kier alpha value is -2.43. The zero-order chi connectivity index (χ0) is 17.9. The fraction of sp³-hybridized carbons (Fsp3) is 0.421. The minimum atomic E-state index is -0.0521. The fourth-order valence-electron chi connectivity index (χ4n) is 2.94. The molecule has 0 fully saturated rings. The van der Waals surface area contributed by atoms with Crippen LogP contribution >= 0.6 is 0 Å². The number of ether oxygens (including phenoxy) is 1. The van der Waals surface area contributed by atoms with Crippen molar-refractivity contribution in [2.45, 2.75) is 46.7 Å². The van der Waals surface area contributed by atoms with E-state index < -0.39 is 0 Å². The lowest BCUT2D eigenvalue weighted by Crippen LogP contribution is -2.42. The largest absolute Gasteiger partial charge is 0.496 e. The Labute approximate surface area is 143 Å². The molecule has 128 valence electrons. The summed E-state index contributed by atoms with van der Waals surface area (Å²) in [4.78, 5) is 23.8. The molecule has 2 aromatic rings. The van der Waals surface area contributed by atoms with Crippen LogP contribution in [0, 0.1) is 6.92 Å². The predicted molar refractivity (Wildman–Crippen MR) is 95.2 cm³/mol. The monoisotopic (exact) mass is 327 g/mol. The topological polar surface area (TPSA) is 55.3 Å². The molecule has 0 unspecified atom stereocenters. The van der Waals surface area contributed by atoms with E-state index in [1.54, 1.807) is 13.3 Å². The van der Waals surface area contributed by atoms with Crippen molar-refractivity contribution in [1.29, 1.82) is 0 Å². The Morgan fingerprint density at radius 1 is 1.12 bits per heavy atom. The first-order valence-electron chi connectivity index (χ1n) is 8.16. The van der Waals surface area contributed by atoms with Crippen molar-refractivity contribution >= 4 is 5.91 Å². The summed E-state index contributed by atoms with van der Waals surface area (Å²) in [6.07, 6.45) is 1.70. The van der Waals surface area contributed by atoms with Crippen molar-refractivity contribution in [1.82, 2.24) is 14.9 Å². The van der Waals surface area contributed by atoms with Gasteiger partial charge in [0, 0.05) is 23.8 Å². The van der Waals surface area contributed by atoms with Crippen LogP contribution in [0.5, 0.6) is 5.75 Å². The number of aryl methyl sites for hydroxylation is 1. The number of carbonyl (C=O) groups excluding carboxylic acids is 1. The van der Waals surface area contributed by atoms with Gasteiger partial charge in [-0.25, -0.2) is 9.97 Å². The number of hydrogen-bond donors (Lipinski definition) is 0. The summed E-state index contributed by atoms with van der Waals surface area (Å²) in [5, 5.41) is 0. The minimum absolute atomic E-state index is 0.0521. The van der Waals surface area contributed by atoms with Crippen molar-refractivity contribution in [2.24, 2.45) is 0 Å². The lowest BCUT2D eigenvalue weighted by atomic mass is 10.0. The maximum absolute atomic E-state index is 13.3. The van der Waals surface area contributed by atoms with E-state index in [0.717, 1.165) is 11.3 Å². The van der Waals surface area contributed by atoms with Gasteiger partial charge in [0.2, 0.25) is 0 Å². The quantitative estimate of drug-likeness (QED) is 0.840. The third-order valence-electron chi connectivity index (χ3n) is 3.86. The molecule has 0 spiro atoms. The van der Waals surface area contributed by atoms with Crippen LogP contribution in [0.4, 0.5) is 0 Å². The Kier molecular flexibility index (Phi) is 5.54. The van der Waals surface area contributed by atoms with Crippen molar-refractivity contribution in [3.63, 3.8) is 0 Å². The zero-order valence-corrected chi connectivity index (χ0v) is 15.2. The van der Waals surface area contributed by atoms with Crippen LogP contribution in [0.25, 0.3) is 11.3 Å². The van der Waals surface area contributed by atoms with Crippen LogP contribution in [-0.4, -0.2) is 40.0 Å². The summed E-state index contributed by atoms with van der Waals surface area (Å²) in [5.74, 6) is 1.17. The number of amides is 1. The van der Waals surface area contributed by atoms with E-state index in [9.17, 15) is 4.79 Å². The molecule has 1 aromatic carbocycles. The van der Waals surface area contributed by atoms with Crippen molar-refractivity contribution in [2.75, 3.05) is 7.11 Å². The fourth-order valence-corrected chi connectivity index (χ4v) is 2.94. The molecule has 0 saturated heterocycles. The molecule has 0 aliphatic carbocycles. The molecular formula is C19H25N3O2. The smallest absolute Gasteiger partial charge is 0.258 e. The summed E-state index contributed by atoms with van der Waals surface area (Å²) >= 11 is 0. The third-order valence-corrected chi connectivity index (χ3v) is 3.86. The molecule has 5 nitrogen and oxygen atoms in total. The molecule has 0 aliphatic heterocycles. The molecule has 0 aliphatic rings. The third kappa shape index (κ3) is 3.55. The number of nitrogens with zero attached hydrogens (tertiary/aromatic N) is 3. The van der Waals surface area contributed by atoms with E-state index in [4.69, 9.17) is 4.74 Å². The second kappa shape index (κ2) is 7.43. The highest BCUT2D eigenvalue weighted by Gasteiger charge is 2.27. The number of rotatable bonds is 5. The normalized spacial score (nSPS) is 11.0. The van der Waals surface area contributed by atoms with Crippen molar-refractivity contribution in [3.8, 4) is 17.0 Å². The lowest BCUT2D eigenvalue weighted by molar-refractivity contribution is 0.0641. The molecule has 5 heteroatoms. The molecule has 0 radical (unpaired) electrons. The van der Waals surface area contributed by atoms with Gasteiger partial charge >= 0.3 is 0 Å². The first-order valence-corrected chi connectivity index (χ1v) is 8.16. The van der Waals surface area contributed by atoms with E-state index >= 15 is 0 Å². The van der Waals surface area contributed by atoms with Crippen LogP contribution < -0.4 is 4.74 Å². The molecule has 0 saturated carbocycles. The molecule has 0 N–H and O–H groups in total. The lowest BCUT2D eigenvalue weighted by Gasteiger charge is -2.32. The van der Waals surface area contributed by atoms with E-state index in [1.807, 2.05) is 63.8 Å². The SMILES string of the molecule is COc1cccc(-c2ccnc(C)n2)c1C(=O)N(C(C)C)C(C)C. The number of methoxy groups -OCH3 is 1. The molecule has 0 atom stereocenters. The molecule has 1 amide bonds. The van der Waals surface area contributed by atoms with Crippen LogP contribution in [0.2, 0.25) is 0 Å². The number of benzene rings is 1. The van der Waals surface area contributed by atoms with Gasteiger partial charge in [0.15, 0.2) is 0 Å². The molecule has 0 bridgehead atoms. The second-order valence-corrected chi connectivity index (χ2v) is 6.27. The molecule has 1 heterocycles. The van der Waals surface area contributed by atoms with E-state index in [2.05, 4.69) is 9.97 Å². The minimum Gasteiger partial charge on any atom is -0.496 e. The van der Waals surface area contributed by atoms with Gasteiger partial charge in [0.1, 0.15) is 11.6 Å². The van der Waals surface area contributed by atoms with Crippen LogP contribution in [0.1, 0.15) is 43.9 Å². The Morgan fingerprint density at radius 3 is 2.33 bits per heavy atom. The summed E-state index contributed by atoms with van der Waals surface area (Å²) in [6, 6.07) is 7.57. The average molecular weight is 327 g/mol. The number of hydrogen-bond acceptors (Lipinski definition) is 4. The first-order chi connectivity index (χ1) is 11.4. The maximum atomic E-state index is 13.3. The Bertz CT molecular complexity index is 718. The first kappa shape index (κ1) is 17.9. The predicted octanol–water partition coefficient (Wildman–Crippen LogP) is 3.72. The summed E-state index contributed by atoms with van der Waals surface area (Å²) < 4.78 is 5.48. The van der Waals surface area contributed by atoms with Gasteiger partial charge in [0.25, 0.3) is 5.91 Å². The molecule has 24 heavy (non-hydrogen) atoms. The highest BCUT2D eigenvalue weighted by molar-refractivity contribution is 6.03. The Balaban J connectivity index is 2.65. The molecule has 2 rings (SSSR count). The summed E-state index contributed by atoms with van der Waals surface area (Å²) in [7, 11) is 1.58. The van der Waals surface area contributed by atoms with Crippen LogP contribution in [0.3, 0.4) is 0 Å². The van der Waals surface area contributed by atoms with E-state index in [1.165, 1.54) is 0 Å². The van der Waals surface area contributed by atoms with Gasteiger partial charge in [-0.2, -0.15) is 0 Å². The van der Waals surface area contributed by atoms with Crippen LogP contribution in [-0.2, 0) is 0 Å². The van der Waals surface area contributed by atoms with Crippen molar-refractivity contribution in [3.05, 3.63) is 41.9 Å². The van der Waals surface area contributed by atoms with Crippen molar-refractivity contribution < 1.29 is 9.53 Å². The summed E-state index contributed by atoms with van der Waals surface area (Å²) in [5.41, 5.74) is 2.02. The average Bonchev–Trinajstić information content (AvgIpc) is 2.53. The maximum Gasteiger partial charge on any atom is 0.258 e. The van der Waals surface area contributed by atoms with Gasteiger partial charge < -0.3 is 9.64 Å². The zero-order valence-electron chi connectivity index (χ0n) is 15.2. The summed E-state index contributed by atoms with van der Waals surface area (Å²) in [6.45, 7) is 9.90. The highest BCUT2D eigenvalue weighted by atomic mass is 16.5. The van der Waals surface area contributed by atoms with E-state index in [-0.39, 0.29) is 18.0 Å². The van der Waals surface area contributed by atoms with Crippen LogP contribution in [0.15, 0.2) is 30.5 Å². The number of carbonyl (C=O) groups is 1. The van der Waals surface area contributed by atoms with E-state index in [0.29, 0.717) is 17.1 Å². The Morgan fingerprint density at radius 2 is 1.79 bits per heavy atom. The van der Waals surface area contributed by atoms with Gasteiger partial charge in [-0.05, 0) is 46.8 Å². The van der Waals surface area contributed by atoms with Gasteiger partial charge in [-0.15, -0.1) is 0 Å². The number of aromatic nitrogens is 2.